The van der Waals surface area contributed by atoms with Gasteiger partial charge < -0.3 is 10.6 Å². The summed E-state index contributed by atoms with van der Waals surface area (Å²) in [4.78, 5) is 28.8. The molecule has 2 N–H and O–H groups in total. The molecule has 0 saturated heterocycles. The van der Waals surface area contributed by atoms with E-state index in [2.05, 4.69) is 20.7 Å². The fraction of sp³-hybridized carbons (Fsp3) is 0.0800. The van der Waals surface area contributed by atoms with Crippen LogP contribution in [0.1, 0.15) is 18.5 Å². The van der Waals surface area contributed by atoms with Crippen molar-refractivity contribution < 1.29 is 9.72 Å². The Bertz CT molecular complexity index is 1520. The number of benzene rings is 3. The number of para-hydroxylation sites is 1. The Morgan fingerprint density at radius 2 is 1.81 bits per heavy atom. The molecule has 36 heavy (non-hydrogen) atoms. The summed E-state index contributed by atoms with van der Waals surface area (Å²) in [6, 6.07) is 19.4. The quantitative estimate of drug-likeness (QED) is 0.243. The molecule has 0 aliphatic carbocycles. The molecule has 0 radical (unpaired) electrons. The Kier molecular flexibility index (Phi) is 6.17. The Morgan fingerprint density at radius 3 is 2.47 bits per heavy atom. The van der Waals surface area contributed by atoms with Crippen molar-refractivity contribution in [2.24, 2.45) is 0 Å². The van der Waals surface area contributed by atoms with E-state index in [0.717, 1.165) is 0 Å². The number of halogens is 2. The molecule has 3 aromatic carbocycles. The highest BCUT2D eigenvalue weighted by molar-refractivity contribution is 6.36. The van der Waals surface area contributed by atoms with Crippen LogP contribution in [-0.2, 0) is 4.79 Å². The number of allylic oxidation sites excluding steroid dienone is 1. The number of nitro groups is 1. The van der Waals surface area contributed by atoms with Gasteiger partial charge >= 0.3 is 0 Å². The van der Waals surface area contributed by atoms with Crippen molar-refractivity contribution in [3.05, 3.63) is 110 Å². The first-order valence-corrected chi connectivity index (χ1v) is 11.6. The SMILES string of the molecule is CC1=C(C(=O)Nc2ccccc2)C(c2ccc([N+](=O)[O-])cc2)n2nc(-c3ccc(Cl)cc3Cl)nc2N1. The molecular weight excluding hydrogens is 503 g/mol. The Morgan fingerprint density at radius 1 is 1.08 bits per heavy atom. The third-order valence-electron chi connectivity index (χ3n) is 5.72. The van der Waals surface area contributed by atoms with Gasteiger partial charge in [0, 0.05) is 34.1 Å². The summed E-state index contributed by atoms with van der Waals surface area (Å²) in [5.74, 6) is 0.388. The number of hydrogen-bond donors (Lipinski definition) is 2. The van der Waals surface area contributed by atoms with E-state index in [4.69, 9.17) is 23.2 Å². The van der Waals surface area contributed by atoms with Crippen molar-refractivity contribution in [1.82, 2.24) is 14.8 Å². The van der Waals surface area contributed by atoms with Gasteiger partial charge in [-0.2, -0.15) is 4.98 Å². The molecule has 0 spiro atoms. The first-order valence-electron chi connectivity index (χ1n) is 10.8. The Hall–Kier alpha value is -4.21. The van der Waals surface area contributed by atoms with Crippen LogP contribution < -0.4 is 10.6 Å². The van der Waals surface area contributed by atoms with Crippen LogP contribution in [0.5, 0.6) is 0 Å². The molecule has 4 aromatic rings. The lowest BCUT2D eigenvalue weighted by Gasteiger charge is -2.28. The zero-order valence-electron chi connectivity index (χ0n) is 18.8. The summed E-state index contributed by atoms with van der Waals surface area (Å²) in [6.45, 7) is 1.77. The van der Waals surface area contributed by atoms with Crippen molar-refractivity contribution in [1.29, 1.82) is 0 Å². The topological polar surface area (TPSA) is 115 Å². The molecule has 5 rings (SSSR count). The van der Waals surface area contributed by atoms with E-state index in [1.165, 1.54) is 12.1 Å². The first kappa shape index (κ1) is 23.5. The van der Waals surface area contributed by atoms with Gasteiger partial charge in [0.15, 0.2) is 5.82 Å². The summed E-state index contributed by atoms with van der Waals surface area (Å²) < 4.78 is 1.58. The molecule has 11 heteroatoms. The van der Waals surface area contributed by atoms with Crippen molar-refractivity contribution in [2.75, 3.05) is 10.6 Å². The van der Waals surface area contributed by atoms with Crippen molar-refractivity contribution in [3.63, 3.8) is 0 Å². The molecular formula is C25H18Cl2N6O3. The predicted molar refractivity (Wildman–Crippen MR) is 138 cm³/mol. The van der Waals surface area contributed by atoms with Crippen LogP contribution in [-0.4, -0.2) is 25.6 Å². The molecule has 1 aromatic heterocycles. The smallest absolute Gasteiger partial charge is 0.269 e. The average Bonchev–Trinajstić information content (AvgIpc) is 3.27. The van der Waals surface area contributed by atoms with Gasteiger partial charge in [-0.1, -0.05) is 41.4 Å². The third-order valence-corrected chi connectivity index (χ3v) is 6.27. The second-order valence-electron chi connectivity index (χ2n) is 8.06. The number of aromatic nitrogens is 3. The van der Waals surface area contributed by atoms with E-state index in [0.29, 0.717) is 49.9 Å². The van der Waals surface area contributed by atoms with Gasteiger partial charge in [0.2, 0.25) is 5.95 Å². The van der Waals surface area contributed by atoms with Gasteiger partial charge in [0.25, 0.3) is 11.6 Å². The minimum absolute atomic E-state index is 0.0591. The van der Waals surface area contributed by atoms with Crippen molar-refractivity contribution in [3.8, 4) is 11.4 Å². The predicted octanol–water partition coefficient (Wildman–Crippen LogP) is 6.09. The zero-order chi connectivity index (χ0) is 25.4. The zero-order valence-corrected chi connectivity index (χ0v) is 20.3. The van der Waals surface area contributed by atoms with Crippen LogP contribution in [0.4, 0.5) is 17.3 Å². The minimum atomic E-state index is -0.710. The van der Waals surface area contributed by atoms with Gasteiger partial charge in [-0.25, -0.2) is 4.68 Å². The minimum Gasteiger partial charge on any atom is -0.328 e. The summed E-state index contributed by atoms with van der Waals surface area (Å²) in [7, 11) is 0. The highest BCUT2D eigenvalue weighted by Gasteiger charge is 2.35. The van der Waals surface area contributed by atoms with E-state index in [1.807, 2.05) is 18.2 Å². The monoisotopic (exact) mass is 520 g/mol. The molecule has 0 saturated carbocycles. The molecule has 1 aliphatic rings. The molecule has 9 nitrogen and oxygen atoms in total. The number of carbonyl (C=O) groups excluding carboxylic acids is 1. The summed E-state index contributed by atoms with van der Waals surface area (Å²) >= 11 is 12.4. The number of amides is 1. The second-order valence-corrected chi connectivity index (χ2v) is 8.91. The summed E-state index contributed by atoms with van der Waals surface area (Å²) in [5, 5.41) is 22.8. The molecule has 0 bridgehead atoms. The van der Waals surface area contributed by atoms with Crippen LogP contribution in [0.3, 0.4) is 0 Å². The van der Waals surface area contributed by atoms with Crippen LogP contribution in [0.15, 0.2) is 84.1 Å². The summed E-state index contributed by atoms with van der Waals surface area (Å²) in [5.41, 5.74) is 2.72. The van der Waals surface area contributed by atoms with Crippen LogP contribution in [0.2, 0.25) is 10.0 Å². The van der Waals surface area contributed by atoms with Gasteiger partial charge in [-0.3, -0.25) is 14.9 Å². The maximum atomic E-state index is 13.5. The molecule has 1 aliphatic heterocycles. The number of rotatable bonds is 5. The molecule has 1 atom stereocenters. The normalized spacial score (nSPS) is 14.7. The van der Waals surface area contributed by atoms with Gasteiger partial charge in [-0.15, -0.1) is 5.10 Å². The van der Waals surface area contributed by atoms with E-state index >= 15 is 0 Å². The lowest BCUT2D eigenvalue weighted by molar-refractivity contribution is -0.384. The maximum absolute atomic E-state index is 13.5. The fourth-order valence-corrected chi connectivity index (χ4v) is 4.53. The Balaban J connectivity index is 1.62. The number of nitrogens with one attached hydrogen (secondary N) is 2. The highest BCUT2D eigenvalue weighted by atomic mass is 35.5. The van der Waals surface area contributed by atoms with Gasteiger partial charge in [-0.05, 0) is 55.0 Å². The van der Waals surface area contributed by atoms with Crippen LogP contribution in [0.25, 0.3) is 11.4 Å². The third kappa shape index (κ3) is 4.41. The van der Waals surface area contributed by atoms with E-state index in [1.54, 1.807) is 54.1 Å². The molecule has 0 fully saturated rings. The maximum Gasteiger partial charge on any atom is 0.269 e. The number of carbonyl (C=O) groups is 1. The highest BCUT2D eigenvalue weighted by Crippen LogP contribution is 2.38. The number of nitrogens with zero attached hydrogens (tertiary/aromatic N) is 4. The molecule has 1 unspecified atom stereocenters. The van der Waals surface area contributed by atoms with Crippen molar-refractivity contribution in [2.45, 2.75) is 13.0 Å². The van der Waals surface area contributed by atoms with Crippen LogP contribution >= 0.6 is 23.2 Å². The molecule has 180 valence electrons. The average molecular weight is 521 g/mol. The van der Waals surface area contributed by atoms with E-state index in [9.17, 15) is 14.9 Å². The Labute approximate surface area is 215 Å². The van der Waals surface area contributed by atoms with E-state index < -0.39 is 11.0 Å². The number of non-ortho nitro benzene ring substituents is 1. The lowest BCUT2D eigenvalue weighted by atomic mass is 9.95. The first-order chi connectivity index (χ1) is 17.3. The van der Waals surface area contributed by atoms with Crippen molar-refractivity contribution >= 4 is 46.4 Å². The van der Waals surface area contributed by atoms with E-state index in [-0.39, 0.29) is 11.6 Å². The molecule has 1 amide bonds. The number of nitro benzene ring substituents is 1. The standard InChI is InChI=1S/C25H18Cl2N6O3/c1-14-21(24(34)29-17-5-3-2-4-6-17)22(15-7-10-18(11-8-15)33(35)36)32-25(28-14)30-23(31-32)19-12-9-16(26)13-20(19)27/h2-13,22H,1H3,(H,29,34)(H,28,30,31). The lowest BCUT2D eigenvalue weighted by Crippen LogP contribution is -2.31. The fourth-order valence-electron chi connectivity index (χ4n) is 4.04. The van der Waals surface area contributed by atoms with Gasteiger partial charge in [0.05, 0.1) is 15.5 Å². The second kappa shape index (κ2) is 9.44. The largest absolute Gasteiger partial charge is 0.328 e. The number of hydrogen-bond acceptors (Lipinski definition) is 6. The van der Waals surface area contributed by atoms with Gasteiger partial charge in [0.1, 0.15) is 6.04 Å². The summed E-state index contributed by atoms with van der Waals surface area (Å²) in [6.07, 6.45) is 0. The molecule has 2 heterocycles. The van der Waals surface area contributed by atoms with Crippen LogP contribution in [0, 0.1) is 10.1 Å². The number of anilines is 2. The number of fused-ring (bicyclic) bond motifs is 1.